The number of rotatable bonds is 5. The van der Waals surface area contributed by atoms with Gasteiger partial charge in [0, 0.05) is 34.2 Å². The normalized spacial score (nSPS) is 10.4. The highest BCUT2D eigenvalue weighted by atomic mass is 16.1. The zero-order valence-electron chi connectivity index (χ0n) is 15.1. The molecule has 3 N–H and O–H groups in total. The number of amides is 1. The SMILES string of the molecule is N#Cc1cccc(Nc2ccc(NC(=O)Cc3c[nH]c4ccccc34)cc2)c1. The molecular formula is C23H18N4O. The van der Waals surface area contributed by atoms with E-state index in [1.54, 1.807) is 12.1 Å². The molecule has 28 heavy (non-hydrogen) atoms. The molecule has 0 spiro atoms. The summed E-state index contributed by atoms with van der Waals surface area (Å²) < 4.78 is 0. The fourth-order valence-corrected chi connectivity index (χ4v) is 3.13. The Morgan fingerprint density at radius 3 is 2.54 bits per heavy atom. The maximum absolute atomic E-state index is 12.4. The summed E-state index contributed by atoms with van der Waals surface area (Å²) in [6.07, 6.45) is 2.19. The molecule has 3 aromatic carbocycles. The Balaban J connectivity index is 1.40. The van der Waals surface area contributed by atoms with Crippen LogP contribution in [0.15, 0.2) is 79.0 Å². The van der Waals surface area contributed by atoms with Crippen molar-refractivity contribution in [2.45, 2.75) is 6.42 Å². The van der Waals surface area contributed by atoms with Gasteiger partial charge in [-0.25, -0.2) is 0 Å². The van der Waals surface area contributed by atoms with Gasteiger partial charge >= 0.3 is 0 Å². The first-order valence-corrected chi connectivity index (χ1v) is 8.93. The Kier molecular flexibility index (Phi) is 4.77. The minimum atomic E-state index is -0.0628. The predicted octanol–water partition coefficient (Wildman–Crippen LogP) is 4.96. The average Bonchev–Trinajstić information content (AvgIpc) is 3.12. The van der Waals surface area contributed by atoms with Crippen molar-refractivity contribution in [3.63, 3.8) is 0 Å². The summed E-state index contributed by atoms with van der Waals surface area (Å²) in [6.45, 7) is 0. The van der Waals surface area contributed by atoms with Gasteiger partial charge in [0.2, 0.25) is 5.91 Å². The molecule has 136 valence electrons. The minimum Gasteiger partial charge on any atom is -0.361 e. The van der Waals surface area contributed by atoms with Gasteiger partial charge in [-0.3, -0.25) is 4.79 Å². The highest BCUT2D eigenvalue weighted by Gasteiger charge is 2.09. The Morgan fingerprint density at radius 2 is 1.71 bits per heavy atom. The maximum atomic E-state index is 12.4. The molecule has 1 amide bonds. The molecule has 0 radical (unpaired) electrons. The Labute approximate surface area is 162 Å². The number of nitrogens with one attached hydrogen (secondary N) is 3. The van der Waals surface area contributed by atoms with Crippen molar-refractivity contribution in [2.24, 2.45) is 0 Å². The summed E-state index contributed by atoms with van der Waals surface area (Å²) in [5, 5.41) is 16.2. The van der Waals surface area contributed by atoms with Crippen LogP contribution in [0.25, 0.3) is 10.9 Å². The molecule has 0 atom stereocenters. The number of para-hydroxylation sites is 1. The van der Waals surface area contributed by atoms with E-state index in [1.807, 2.05) is 66.9 Å². The van der Waals surface area contributed by atoms with Crippen molar-refractivity contribution in [3.05, 3.63) is 90.1 Å². The number of H-pyrrole nitrogens is 1. The highest BCUT2D eigenvalue weighted by molar-refractivity contribution is 5.95. The first-order chi connectivity index (χ1) is 13.7. The van der Waals surface area contributed by atoms with Crippen LogP contribution in [0.4, 0.5) is 17.1 Å². The number of fused-ring (bicyclic) bond motifs is 1. The molecule has 5 nitrogen and oxygen atoms in total. The number of aromatic nitrogens is 1. The van der Waals surface area contributed by atoms with Crippen LogP contribution >= 0.6 is 0 Å². The van der Waals surface area contributed by atoms with Gasteiger partial charge in [-0.1, -0.05) is 24.3 Å². The lowest BCUT2D eigenvalue weighted by molar-refractivity contribution is -0.115. The fourth-order valence-electron chi connectivity index (χ4n) is 3.13. The summed E-state index contributed by atoms with van der Waals surface area (Å²) in [4.78, 5) is 15.6. The molecule has 1 heterocycles. The Bertz CT molecular complexity index is 1170. The molecule has 0 fully saturated rings. The van der Waals surface area contributed by atoms with E-state index in [9.17, 15) is 4.79 Å². The van der Waals surface area contributed by atoms with Gasteiger partial charge in [-0.2, -0.15) is 5.26 Å². The molecule has 4 aromatic rings. The van der Waals surface area contributed by atoms with E-state index < -0.39 is 0 Å². The van der Waals surface area contributed by atoms with Gasteiger partial charge in [0.15, 0.2) is 0 Å². The van der Waals surface area contributed by atoms with Crippen molar-refractivity contribution in [2.75, 3.05) is 10.6 Å². The van der Waals surface area contributed by atoms with Gasteiger partial charge in [0.1, 0.15) is 0 Å². The van der Waals surface area contributed by atoms with Crippen molar-refractivity contribution in [1.82, 2.24) is 4.98 Å². The smallest absolute Gasteiger partial charge is 0.228 e. The topological polar surface area (TPSA) is 80.7 Å². The van der Waals surface area contributed by atoms with E-state index in [4.69, 9.17) is 5.26 Å². The molecule has 0 aliphatic carbocycles. The summed E-state index contributed by atoms with van der Waals surface area (Å²) in [7, 11) is 0. The minimum absolute atomic E-state index is 0.0628. The van der Waals surface area contributed by atoms with E-state index in [0.29, 0.717) is 12.0 Å². The van der Waals surface area contributed by atoms with E-state index in [0.717, 1.165) is 33.5 Å². The average molecular weight is 366 g/mol. The molecule has 4 rings (SSSR count). The van der Waals surface area contributed by atoms with Crippen LogP contribution in [0.2, 0.25) is 0 Å². The van der Waals surface area contributed by atoms with Crippen molar-refractivity contribution in [1.29, 1.82) is 5.26 Å². The molecule has 0 unspecified atom stereocenters. The first-order valence-electron chi connectivity index (χ1n) is 8.93. The molecule has 0 aliphatic heterocycles. The number of hydrogen-bond donors (Lipinski definition) is 3. The third-order valence-corrected chi connectivity index (χ3v) is 4.47. The van der Waals surface area contributed by atoms with Gasteiger partial charge in [-0.15, -0.1) is 0 Å². The van der Waals surface area contributed by atoms with Gasteiger partial charge in [-0.05, 0) is 54.1 Å². The van der Waals surface area contributed by atoms with Gasteiger partial charge < -0.3 is 15.6 Å². The van der Waals surface area contributed by atoms with Crippen LogP contribution in [-0.2, 0) is 11.2 Å². The standard InChI is InChI=1S/C23H18N4O/c24-14-16-4-3-5-20(12-16)26-18-8-10-19(11-9-18)27-23(28)13-17-15-25-22-7-2-1-6-21(17)22/h1-12,15,25-26H,13H2,(H,27,28). The van der Waals surface area contributed by atoms with E-state index in [-0.39, 0.29) is 5.91 Å². The molecule has 0 saturated carbocycles. The number of carbonyl (C=O) groups excluding carboxylic acids is 1. The summed E-state index contributed by atoms with van der Waals surface area (Å²) in [5.41, 5.74) is 5.07. The molecule has 0 saturated heterocycles. The Hall–Kier alpha value is -4.04. The van der Waals surface area contributed by atoms with Crippen LogP contribution in [-0.4, -0.2) is 10.9 Å². The lowest BCUT2D eigenvalue weighted by Crippen LogP contribution is -2.14. The quantitative estimate of drug-likeness (QED) is 0.467. The van der Waals surface area contributed by atoms with Crippen LogP contribution in [0.1, 0.15) is 11.1 Å². The number of anilines is 3. The number of carbonyl (C=O) groups is 1. The van der Waals surface area contributed by atoms with E-state index in [2.05, 4.69) is 21.7 Å². The van der Waals surface area contributed by atoms with Crippen LogP contribution in [0, 0.1) is 11.3 Å². The summed E-state index contributed by atoms with van der Waals surface area (Å²) in [6, 6.07) is 24.8. The van der Waals surface area contributed by atoms with Crippen molar-refractivity contribution < 1.29 is 4.79 Å². The largest absolute Gasteiger partial charge is 0.361 e. The number of nitrogens with zero attached hydrogens (tertiary/aromatic N) is 1. The lowest BCUT2D eigenvalue weighted by atomic mass is 10.1. The second kappa shape index (κ2) is 7.68. The second-order valence-corrected chi connectivity index (χ2v) is 6.48. The zero-order chi connectivity index (χ0) is 19.3. The van der Waals surface area contributed by atoms with E-state index >= 15 is 0 Å². The van der Waals surface area contributed by atoms with E-state index in [1.165, 1.54) is 0 Å². The molecule has 1 aromatic heterocycles. The lowest BCUT2D eigenvalue weighted by Gasteiger charge is -2.09. The molecule has 0 bridgehead atoms. The molecule has 5 heteroatoms. The van der Waals surface area contributed by atoms with Crippen molar-refractivity contribution in [3.8, 4) is 6.07 Å². The van der Waals surface area contributed by atoms with Crippen LogP contribution < -0.4 is 10.6 Å². The molecule has 0 aliphatic rings. The number of benzene rings is 3. The molecular weight excluding hydrogens is 348 g/mol. The third kappa shape index (κ3) is 3.87. The fraction of sp³-hybridized carbons (Fsp3) is 0.0435. The van der Waals surface area contributed by atoms with Gasteiger partial charge in [0.05, 0.1) is 18.1 Å². The first kappa shape index (κ1) is 17.4. The number of aromatic amines is 1. The monoisotopic (exact) mass is 366 g/mol. The number of nitriles is 1. The maximum Gasteiger partial charge on any atom is 0.228 e. The van der Waals surface area contributed by atoms with Crippen molar-refractivity contribution >= 4 is 33.9 Å². The second-order valence-electron chi connectivity index (χ2n) is 6.48. The Morgan fingerprint density at radius 1 is 0.929 bits per heavy atom. The summed E-state index contributed by atoms with van der Waals surface area (Å²) >= 11 is 0. The highest BCUT2D eigenvalue weighted by Crippen LogP contribution is 2.21. The number of hydrogen-bond acceptors (Lipinski definition) is 3. The van der Waals surface area contributed by atoms with Gasteiger partial charge in [0.25, 0.3) is 0 Å². The zero-order valence-corrected chi connectivity index (χ0v) is 15.1. The van der Waals surface area contributed by atoms with Crippen LogP contribution in [0.5, 0.6) is 0 Å². The van der Waals surface area contributed by atoms with Crippen LogP contribution in [0.3, 0.4) is 0 Å². The summed E-state index contributed by atoms with van der Waals surface area (Å²) in [5.74, 6) is -0.0628. The third-order valence-electron chi connectivity index (χ3n) is 4.47. The predicted molar refractivity (Wildman–Crippen MR) is 112 cm³/mol.